The molecule has 6 heteroatoms. The van der Waals surface area contributed by atoms with Gasteiger partial charge in [-0.05, 0) is 18.2 Å². The van der Waals surface area contributed by atoms with Gasteiger partial charge < -0.3 is 20.3 Å². The zero-order chi connectivity index (χ0) is 12.8. The van der Waals surface area contributed by atoms with Gasteiger partial charge in [-0.1, -0.05) is 15.9 Å². The summed E-state index contributed by atoms with van der Waals surface area (Å²) in [5.41, 5.74) is 0.625. The monoisotopic (exact) mass is 303 g/mol. The number of nitrogens with one attached hydrogen (secondary N) is 1. The lowest BCUT2D eigenvalue weighted by Gasteiger charge is -2.13. The lowest BCUT2D eigenvalue weighted by atomic mass is 10.1. The van der Waals surface area contributed by atoms with Gasteiger partial charge in [-0.2, -0.15) is 0 Å². The number of hydrogen-bond donors (Lipinski definition) is 3. The molecule has 0 aromatic heterocycles. The number of carboxylic acid groups (broad SMARTS) is 1. The average Bonchev–Trinajstić information content (AvgIpc) is 2.27. The van der Waals surface area contributed by atoms with Gasteiger partial charge >= 0.3 is 5.97 Å². The molecule has 3 N–H and O–H groups in total. The largest absolute Gasteiger partial charge is 0.478 e. The first-order valence-electron chi connectivity index (χ1n) is 4.98. The van der Waals surface area contributed by atoms with Gasteiger partial charge in [0.15, 0.2) is 0 Å². The van der Waals surface area contributed by atoms with Crippen molar-refractivity contribution < 1.29 is 19.7 Å². The molecule has 94 valence electrons. The van der Waals surface area contributed by atoms with Gasteiger partial charge in [0.05, 0.1) is 18.3 Å². The van der Waals surface area contributed by atoms with Crippen LogP contribution in [0.15, 0.2) is 22.7 Å². The first kappa shape index (κ1) is 14.0. The first-order valence-corrected chi connectivity index (χ1v) is 5.77. The van der Waals surface area contributed by atoms with E-state index in [2.05, 4.69) is 21.2 Å². The Balaban J connectivity index is 2.73. The lowest BCUT2D eigenvalue weighted by Crippen LogP contribution is -2.24. The number of aliphatic hydroxyl groups is 1. The van der Waals surface area contributed by atoms with Gasteiger partial charge in [-0.15, -0.1) is 0 Å². The van der Waals surface area contributed by atoms with Crippen molar-refractivity contribution in [2.24, 2.45) is 0 Å². The van der Waals surface area contributed by atoms with Crippen molar-refractivity contribution in [1.29, 1.82) is 0 Å². The molecule has 1 atom stereocenters. The minimum Gasteiger partial charge on any atom is -0.478 e. The summed E-state index contributed by atoms with van der Waals surface area (Å²) < 4.78 is 5.47. The van der Waals surface area contributed by atoms with Gasteiger partial charge in [-0.3, -0.25) is 0 Å². The molecule has 0 fully saturated rings. The number of carbonyl (C=O) groups is 1. The van der Waals surface area contributed by atoms with Crippen LogP contribution in [-0.4, -0.2) is 42.5 Å². The molecule has 1 rings (SSSR count). The van der Waals surface area contributed by atoms with E-state index in [-0.39, 0.29) is 18.7 Å². The van der Waals surface area contributed by atoms with Crippen molar-refractivity contribution in [3.8, 4) is 0 Å². The number of rotatable bonds is 6. The van der Waals surface area contributed by atoms with E-state index in [9.17, 15) is 9.90 Å². The van der Waals surface area contributed by atoms with Crippen molar-refractivity contribution in [3.63, 3.8) is 0 Å². The van der Waals surface area contributed by atoms with E-state index in [1.165, 1.54) is 13.2 Å². The van der Waals surface area contributed by atoms with E-state index in [1.807, 2.05) is 0 Å². The van der Waals surface area contributed by atoms with Crippen LogP contribution in [0.4, 0.5) is 5.69 Å². The Labute approximate surface area is 108 Å². The van der Waals surface area contributed by atoms with Crippen LogP contribution in [0.3, 0.4) is 0 Å². The molecule has 0 spiro atoms. The molecule has 0 aliphatic rings. The van der Waals surface area contributed by atoms with Gasteiger partial charge in [0, 0.05) is 23.8 Å². The normalized spacial score (nSPS) is 12.2. The molecule has 17 heavy (non-hydrogen) atoms. The SMILES string of the molecule is COCC(O)CNc1ccc(Br)cc1C(=O)O. The minimum absolute atomic E-state index is 0.156. The third-order valence-corrected chi connectivity index (χ3v) is 2.59. The second-order valence-electron chi connectivity index (χ2n) is 3.49. The molecule has 0 heterocycles. The summed E-state index contributed by atoms with van der Waals surface area (Å²) in [4.78, 5) is 11.0. The van der Waals surface area contributed by atoms with E-state index in [1.54, 1.807) is 12.1 Å². The standard InChI is InChI=1S/C11H14BrNO4/c1-17-6-8(14)5-13-10-3-2-7(12)4-9(10)11(15)16/h2-4,8,13-14H,5-6H2,1H3,(H,15,16). The first-order chi connectivity index (χ1) is 8.04. The van der Waals surface area contributed by atoms with Crippen LogP contribution in [0.2, 0.25) is 0 Å². The summed E-state index contributed by atoms with van der Waals surface area (Å²) in [5.74, 6) is -1.02. The Kier molecular flexibility index (Phi) is 5.40. The molecule has 0 saturated heterocycles. The summed E-state index contributed by atoms with van der Waals surface area (Å²) in [7, 11) is 1.49. The van der Waals surface area contributed by atoms with E-state index >= 15 is 0 Å². The highest BCUT2D eigenvalue weighted by Crippen LogP contribution is 2.21. The Morgan fingerprint density at radius 3 is 2.88 bits per heavy atom. The topological polar surface area (TPSA) is 78.8 Å². The highest BCUT2D eigenvalue weighted by atomic mass is 79.9. The Morgan fingerprint density at radius 1 is 1.59 bits per heavy atom. The number of aliphatic hydroxyl groups excluding tert-OH is 1. The highest BCUT2D eigenvalue weighted by Gasteiger charge is 2.11. The van der Waals surface area contributed by atoms with Gasteiger partial charge in [0.2, 0.25) is 0 Å². The predicted octanol–water partition coefficient (Wildman–Crippen LogP) is 1.57. The summed E-state index contributed by atoms with van der Waals surface area (Å²) in [5, 5.41) is 21.3. The number of anilines is 1. The Bertz CT molecular complexity index is 397. The number of ether oxygens (including phenoxy) is 1. The smallest absolute Gasteiger partial charge is 0.337 e. The zero-order valence-electron chi connectivity index (χ0n) is 9.31. The fraction of sp³-hybridized carbons (Fsp3) is 0.364. The van der Waals surface area contributed by atoms with Crippen LogP contribution in [0.5, 0.6) is 0 Å². The third-order valence-electron chi connectivity index (χ3n) is 2.10. The van der Waals surface area contributed by atoms with Gasteiger partial charge in [0.25, 0.3) is 0 Å². The average molecular weight is 304 g/mol. The second kappa shape index (κ2) is 6.58. The predicted molar refractivity (Wildman–Crippen MR) is 67.5 cm³/mol. The number of methoxy groups -OCH3 is 1. The molecule has 1 unspecified atom stereocenters. The van der Waals surface area contributed by atoms with Crippen LogP contribution in [0.25, 0.3) is 0 Å². The van der Waals surface area contributed by atoms with Crippen molar-refractivity contribution in [2.45, 2.75) is 6.10 Å². The van der Waals surface area contributed by atoms with E-state index in [0.29, 0.717) is 10.2 Å². The van der Waals surface area contributed by atoms with Crippen molar-refractivity contribution in [3.05, 3.63) is 28.2 Å². The third kappa shape index (κ3) is 4.33. The Morgan fingerprint density at radius 2 is 2.29 bits per heavy atom. The van der Waals surface area contributed by atoms with Crippen molar-refractivity contribution in [1.82, 2.24) is 0 Å². The number of aromatic carboxylic acids is 1. The summed E-state index contributed by atoms with van der Waals surface area (Å²) >= 11 is 3.21. The molecule has 0 aliphatic carbocycles. The number of halogens is 1. The summed E-state index contributed by atoms with van der Waals surface area (Å²) in [6.07, 6.45) is -0.676. The van der Waals surface area contributed by atoms with Crippen LogP contribution in [0, 0.1) is 0 Å². The summed E-state index contributed by atoms with van der Waals surface area (Å²) in [6.45, 7) is 0.432. The fourth-order valence-electron chi connectivity index (χ4n) is 1.33. The van der Waals surface area contributed by atoms with Crippen LogP contribution >= 0.6 is 15.9 Å². The van der Waals surface area contributed by atoms with Crippen molar-refractivity contribution in [2.75, 3.05) is 25.6 Å². The molecule has 0 radical (unpaired) electrons. The van der Waals surface area contributed by atoms with Gasteiger partial charge in [-0.25, -0.2) is 4.79 Å². The van der Waals surface area contributed by atoms with Crippen molar-refractivity contribution >= 4 is 27.6 Å². The molecule has 5 nitrogen and oxygen atoms in total. The number of hydrogen-bond acceptors (Lipinski definition) is 4. The number of carboxylic acids is 1. The van der Waals surface area contributed by atoms with Crippen LogP contribution in [0.1, 0.15) is 10.4 Å². The second-order valence-corrected chi connectivity index (χ2v) is 4.40. The molecule has 0 bridgehead atoms. The van der Waals surface area contributed by atoms with E-state index in [4.69, 9.17) is 9.84 Å². The maximum Gasteiger partial charge on any atom is 0.337 e. The van der Waals surface area contributed by atoms with E-state index in [0.717, 1.165) is 0 Å². The molecular formula is C11H14BrNO4. The highest BCUT2D eigenvalue weighted by molar-refractivity contribution is 9.10. The maximum absolute atomic E-state index is 11.0. The molecule has 1 aromatic carbocycles. The van der Waals surface area contributed by atoms with Gasteiger partial charge in [0.1, 0.15) is 0 Å². The molecule has 1 aromatic rings. The fourth-order valence-corrected chi connectivity index (χ4v) is 1.69. The molecular weight excluding hydrogens is 290 g/mol. The number of benzene rings is 1. The minimum atomic E-state index is -1.02. The lowest BCUT2D eigenvalue weighted by molar-refractivity contribution is 0.0693. The molecule has 0 saturated carbocycles. The Hall–Kier alpha value is -1.11. The maximum atomic E-state index is 11.0. The molecule has 0 aliphatic heterocycles. The van der Waals surface area contributed by atoms with Crippen LogP contribution in [-0.2, 0) is 4.74 Å². The quantitative estimate of drug-likeness (QED) is 0.743. The zero-order valence-corrected chi connectivity index (χ0v) is 10.9. The molecule has 0 amide bonds. The summed E-state index contributed by atoms with van der Waals surface area (Å²) in [6, 6.07) is 4.89. The van der Waals surface area contributed by atoms with E-state index < -0.39 is 12.1 Å². The van der Waals surface area contributed by atoms with Crippen LogP contribution < -0.4 is 5.32 Å².